The van der Waals surface area contributed by atoms with Crippen LogP contribution in [0.4, 0.5) is 0 Å². The Morgan fingerprint density at radius 2 is 1.58 bits per heavy atom. The molecule has 2 unspecified atom stereocenters. The summed E-state index contributed by atoms with van der Waals surface area (Å²) in [6.07, 6.45) is 6.57. The fourth-order valence-corrected chi connectivity index (χ4v) is 3.00. The number of nitrogens with zero attached hydrogens (tertiary/aromatic N) is 2. The van der Waals surface area contributed by atoms with Gasteiger partial charge in [-0.3, -0.25) is 0 Å². The normalized spacial score (nSPS) is 23.5. The van der Waals surface area contributed by atoms with E-state index < -0.39 is 0 Å². The van der Waals surface area contributed by atoms with E-state index in [9.17, 15) is 0 Å². The van der Waals surface area contributed by atoms with E-state index in [0.717, 1.165) is 26.2 Å². The van der Waals surface area contributed by atoms with Crippen LogP contribution in [0.25, 0.3) is 0 Å². The number of nitrogens with one attached hydrogen (secondary N) is 2. The topological polar surface area (TPSA) is 68.3 Å². The average molecular weight is 379 g/mol. The minimum absolute atomic E-state index is 0. The second-order valence-electron chi connectivity index (χ2n) is 6.22. The zero-order chi connectivity index (χ0) is 15.0. The van der Waals surface area contributed by atoms with Crippen molar-refractivity contribution in [2.75, 3.05) is 39.4 Å². The van der Waals surface area contributed by atoms with Crippen LogP contribution in [-0.4, -0.2) is 49.4 Å². The van der Waals surface area contributed by atoms with Crippen molar-refractivity contribution in [1.29, 1.82) is 0 Å². The van der Waals surface area contributed by atoms with E-state index in [-0.39, 0.29) is 24.8 Å². The van der Waals surface area contributed by atoms with Crippen LogP contribution >= 0.6 is 24.8 Å². The van der Waals surface area contributed by atoms with Gasteiger partial charge in [-0.15, -0.1) is 24.8 Å². The van der Waals surface area contributed by atoms with Crippen LogP contribution in [0.3, 0.4) is 0 Å². The molecule has 138 valence electrons. The standard InChI is InChI=1S/C16H26N4O2.2ClH/c1-3-13(9-17-6-1)11-21-15-5-8-19-16(20-15)22-12-14-4-2-7-18-10-14;;/h5,8,13-14,17-18H,1-4,6-7,9-12H2;2*1H. The first-order chi connectivity index (χ1) is 10.9. The molecule has 2 aliphatic heterocycles. The lowest BCUT2D eigenvalue weighted by molar-refractivity contribution is 0.192. The SMILES string of the molecule is Cl.Cl.c1cc(OCC2CCCNC2)nc(OCC2CCCNC2)n1. The summed E-state index contributed by atoms with van der Waals surface area (Å²) in [5.41, 5.74) is 0. The molecule has 0 saturated carbocycles. The van der Waals surface area contributed by atoms with Crippen molar-refractivity contribution < 1.29 is 9.47 Å². The molecular formula is C16H28Cl2N4O2. The summed E-state index contributed by atoms with van der Waals surface area (Å²) < 4.78 is 11.5. The summed E-state index contributed by atoms with van der Waals surface area (Å²) in [4.78, 5) is 8.52. The van der Waals surface area contributed by atoms with Gasteiger partial charge in [0.1, 0.15) is 0 Å². The Morgan fingerprint density at radius 3 is 2.17 bits per heavy atom. The number of hydrogen-bond acceptors (Lipinski definition) is 6. The Bertz CT molecular complexity index is 418. The van der Waals surface area contributed by atoms with E-state index in [1.54, 1.807) is 12.3 Å². The molecule has 24 heavy (non-hydrogen) atoms. The van der Waals surface area contributed by atoms with Crippen LogP contribution in [0.15, 0.2) is 12.3 Å². The summed E-state index contributed by atoms with van der Waals surface area (Å²) in [6.45, 7) is 5.66. The first kappa shape index (κ1) is 21.2. The van der Waals surface area contributed by atoms with Gasteiger partial charge in [0.2, 0.25) is 5.88 Å². The molecule has 3 heterocycles. The molecule has 2 saturated heterocycles. The Hall–Kier alpha value is -0.820. The van der Waals surface area contributed by atoms with Crippen LogP contribution < -0.4 is 20.1 Å². The molecule has 2 atom stereocenters. The maximum atomic E-state index is 5.79. The molecule has 8 heteroatoms. The fourth-order valence-electron chi connectivity index (χ4n) is 3.00. The van der Waals surface area contributed by atoms with Crippen LogP contribution in [0, 0.1) is 11.8 Å². The summed E-state index contributed by atoms with van der Waals surface area (Å²) in [5.74, 6) is 1.73. The lowest BCUT2D eigenvalue weighted by Crippen LogP contribution is -2.33. The molecule has 1 aromatic rings. The summed E-state index contributed by atoms with van der Waals surface area (Å²) in [5, 5.41) is 6.78. The van der Waals surface area contributed by atoms with E-state index >= 15 is 0 Å². The van der Waals surface area contributed by atoms with Crippen LogP contribution in [-0.2, 0) is 0 Å². The summed E-state index contributed by atoms with van der Waals surface area (Å²) in [6, 6.07) is 2.22. The molecule has 2 aliphatic rings. The van der Waals surface area contributed by atoms with Crippen molar-refractivity contribution in [2.45, 2.75) is 25.7 Å². The van der Waals surface area contributed by atoms with Crippen molar-refractivity contribution in [3.8, 4) is 11.9 Å². The van der Waals surface area contributed by atoms with Gasteiger partial charge < -0.3 is 20.1 Å². The Balaban J connectivity index is 0.00000144. The molecule has 2 N–H and O–H groups in total. The van der Waals surface area contributed by atoms with Gasteiger partial charge in [0.25, 0.3) is 0 Å². The third-order valence-corrected chi connectivity index (χ3v) is 4.32. The van der Waals surface area contributed by atoms with Gasteiger partial charge in [-0.2, -0.15) is 4.98 Å². The van der Waals surface area contributed by atoms with Gasteiger partial charge in [-0.1, -0.05) is 0 Å². The smallest absolute Gasteiger partial charge is 0.319 e. The molecule has 0 bridgehead atoms. The van der Waals surface area contributed by atoms with Gasteiger partial charge in [-0.05, 0) is 38.8 Å². The van der Waals surface area contributed by atoms with E-state index in [1.807, 2.05) is 0 Å². The monoisotopic (exact) mass is 378 g/mol. The molecule has 0 aliphatic carbocycles. The maximum absolute atomic E-state index is 5.79. The first-order valence-corrected chi connectivity index (χ1v) is 8.40. The predicted octanol–water partition coefficient (Wildman–Crippen LogP) is 2.08. The van der Waals surface area contributed by atoms with Crippen molar-refractivity contribution >= 4 is 24.8 Å². The number of piperidine rings is 2. The maximum Gasteiger partial charge on any atom is 0.319 e. The Morgan fingerprint density at radius 1 is 0.958 bits per heavy atom. The largest absolute Gasteiger partial charge is 0.477 e. The number of ether oxygens (including phenoxy) is 2. The van der Waals surface area contributed by atoms with Crippen molar-refractivity contribution in [3.05, 3.63) is 12.3 Å². The molecule has 0 radical (unpaired) electrons. The minimum Gasteiger partial charge on any atom is -0.477 e. The quantitative estimate of drug-likeness (QED) is 0.789. The average Bonchev–Trinajstić information content (AvgIpc) is 2.60. The van der Waals surface area contributed by atoms with E-state index in [0.29, 0.717) is 36.9 Å². The lowest BCUT2D eigenvalue weighted by atomic mass is 10.0. The van der Waals surface area contributed by atoms with E-state index in [4.69, 9.17) is 9.47 Å². The highest BCUT2D eigenvalue weighted by atomic mass is 35.5. The molecule has 0 amide bonds. The number of halogens is 2. The summed E-state index contributed by atoms with van der Waals surface area (Å²) >= 11 is 0. The highest BCUT2D eigenvalue weighted by Gasteiger charge is 2.16. The molecule has 3 rings (SSSR count). The van der Waals surface area contributed by atoms with Gasteiger partial charge >= 0.3 is 6.01 Å². The minimum atomic E-state index is 0. The fraction of sp³-hybridized carbons (Fsp3) is 0.750. The third kappa shape index (κ3) is 6.97. The van der Waals surface area contributed by atoms with Crippen LogP contribution in [0.2, 0.25) is 0 Å². The zero-order valence-electron chi connectivity index (χ0n) is 13.9. The number of rotatable bonds is 6. The third-order valence-electron chi connectivity index (χ3n) is 4.32. The molecule has 0 spiro atoms. The second kappa shape index (κ2) is 11.7. The van der Waals surface area contributed by atoms with Crippen molar-refractivity contribution in [3.63, 3.8) is 0 Å². The molecule has 1 aromatic heterocycles. The van der Waals surface area contributed by atoms with E-state index in [1.165, 1.54) is 25.7 Å². The zero-order valence-corrected chi connectivity index (χ0v) is 15.5. The summed E-state index contributed by atoms with van der Waals surface area (Å²) in [7, 11) is 0. The Labute approximate surface area is 156 Å². The highest BCUT2D eigenvalue weighted by molar-refractivity contribution is 5.85. The first-order valence-electron chi connectivity index (χ1n) is 8.40. The lowest BCUT2D eigenvalue weighted by Gasteiger charge is -2.23. The van der Waals surface area contributed by atoms with Gasteiger partial charge in [0.05, 0.1) is 13.2 Å². The van der Waals surface area contributed by atoms with Crippen molar-refractivity contribution in [2.24, 2.45) is 11.8 Å². The molecular weight excluding hydrogens is 351 g/mol. The number of aromatic nitrogens is 2. The predicted molar refractivity (Wildman–Crippen MR) is 98.7 cm³/mol. The van der Waals surface area contributed by atoms with Gasteiger partial charge in [0.15, 0.2) is 0 Å². The van der Waals surface area contributed by atoms with Crippen molar-refractivity contribution in [1.82, 2.24) is 20.6 Å². The van der Waals surface area contributed by atoms with Crippen LogP contribution in [0.5, 0.6) is 11.9 Å². The molecule has 6 nitrogen and oxygen atoms in total. The Kier molecular flexibility index (Phi) is 10.3. The van der Waals surface area contributed by atoms with Gasteiger partial charge in [0, 0.05) is 37.2 Å². The molecule has 2 fully saturated rings. The van der Waals surface area contributed by atoms with Crippen LogP contribution in [0.1, 0.15) is 25.7 Å². The molecule has 0 aromatic carbocycles. The number of hydrogen-bond donors (Lipinski definition) is 2. The van der Waals surface area contributed by atoms with E-state index in [2.05, 4.69) is 20.6 Å². The van der Waals surface area contributed by atoms with Gasteiger partial charge in [-0.25, -0.2) is 4.98 Å². The highest BCUT2D eigenvalue weighted by Crippen LogP contribution is 2.16. The second-order valence-corrected chi connectivity index (χ2v) is 6.22.